The lowest BCUT2D eigenvalue weighted by Crippen LogP contribution is -2.41. The van der Waals surface area contributed by atoms with Crippen molar-refractivity contribution >= 4 is 5.91 Å². The summed E-state index contributed by atoms with van der Waals surface area (Å²) < 4.78 is 0. The van der Waals surface area contributed by atoms with E-state index >= 15 is 0 Å². The van der Waals surface area contributed by atoms with Gasteiger partial charge in [0, 0.05) is 20.2 Å². The molecular weight excluding hydrogens is 192 g/mol. The summed E-state index contributed by atoms with van der Waals surface area (Å²) in [5.41, 5.74) is 0. The molecule has 0 aliphatic carbocycles. The number of aliphatic hydroxyl groups is 1. The van der Waals surface area contributed by atoms with Crippen LogP contribution in [0.25, 0.3) is 0 Å². The Kier molecular flexibility index (Phi) is 5.65. The third-order valence-corrected chi connectivity index (χ3v) is 2.89. The third-order valence-electron chi connectivity index (χ3n) is 2.89. The largest absolute Gasteiger partial charge is 0.396 e. The second-order valence-electron chi connectivity index (χ2n) is 4.19. The Morgan fingerprint density at radius 3 is 2.87 bits per heavy atom. The smallest absolute Gasteiger partial charge is 0.239 e. The summed E-state index contributed by atoms with van der Waals surface area (Å²) in [7, 11) is 1.86. The van der Waals surface area contributed by atoms with Crippen LogP contribution in [-0.4, -0.2) is 48.7 Å². The lowest BCUT2D eigenvalue weighted by atomic mass is 10.2. The molecule has 0 aromatic rings. The SMILES string of the molecule is CN(CCCCCO)C(=O)C1CCCN1. The molecule has 1 rings (SSSR count). The summed E-state index contributed by atoms with van der Waals surface area (Å²) in [6.07, 6.45) is 4.89. The van der Waals surface area contributed by atoms with Crippen LogP contribution in [0.1, 0.15) is 32.1 Å². The lowest BCUT2D eigenvalue weighted by molar-refractivity contribution is -0.131. The van der Waals surface area contributed by atoms with Crippen LogP contribution in [0, 0.1) is 0 Å². The molecule has 1 aliphatic rings. The van der Waals surface area contributed by atoms with E-state index in [9.17, 15) is 4.79 Å². The van der Waals surface area contributed by atoms with Gasteiger partial charge < -0.3 is 15.3 Å². The summed E-state index contributed by atoms with van der Waals surface area (Å²) in [4.78, 5) is 13.6. The van der Waals surface area contributed by atoms with Crippen molar-refractivity contribution in [3.05, 3.63) is 0 Å². The summed E-state index contributed by atoms with van der Waals surface area (Å²) in [5.74, 6) is 0.219. The van der Waals surface area contributed by atoms with Gasteiger partial charge in [-0.15, -0.1) is 0 Å². The molecule has 2 N–H and O–H groups in total. The lowest BCUT2D eigenvalue weighted by Gasteiger charge is -2.20. The highest BCUT2D eigenvalue weighted by Gasteiger charge is 2.24. The van der Waals surface area contributed by atoms with E-state index in [1.807, 2.05) is 7.05 Å². The molecule has 0 spiro atoms. The molecule has 0 saturated carbocycles. The average Bonchev–Trinajstić information content (AvgIpc) is 2.76. The fourth-order valence-electron chi connectivity index (χ4n) is 1.91. The summed E-state index contributed by atoms with van der Waals surface area (Å²) >= 11 is 0. The van der Waals surface area contributed by atoms with E-state index in [-0.39, 0.29) is 18.6 Å². The predicted octanol–water partition coefficient (Wildman–Crippen LogP) is 0.359. The number of unbranched alkanes of at least 4 members (excludes halogenated alkanes) is 2. The molecule has 0 bridgehead atoms. The van der Waals surface area contributed by atoms with Gasteiger partial charge in [-0.3, -0.25) is 4.79 Å². The van der Waals surface area contributed by atoms with Crippen LogP contribution in [0.3, 0.4) is 0 Å². The molecule has 1 heterocycles. The van der Waals surface area contributed by atoms with Gasteiger partial charge in [0.25, 0.3) is 0 Å². The van der Waals surface area contributed by atoms with Gasteiger partial charge >= 0.3 is 0 Å². The fraction of sp³-hybridized carbons (Fsp3) is 0.909. The molecule has 1 aliphatic heterocycles. The molecule has 1 saturated heterocycles. The standard InChI is InChI=1S/C11H22N2O2/c1-13(8-3-2-4-9-14)11(15)10-6-5-7-12-10/h10,12,14H,2-9H2,1H3. The molecule has 15 heavy (non-hydrogen) atoms. The number of rotatable bonds is 6. The van der Waals surface area contributed by atoms with Crippen molar-refractivity contribution in [2.45, 2.75) is 38.1 Å². The molecule has 0 aromatic carbocycles. The zero-order chi connectivity index (χ0) is 11.1. The van der Waals surface area contributed by atoms with E-state index in [2.05, 4.69) is 5.32 Å². The first-order valence-corrected chi connectivity index (χ1v) is 5.85. The van der Waals surface area contributed by atoms with Crippen molar-refractivity contribution in [2.75, 3.05) is 26.7 Å². The van der Waals surface area contributed by atoms with Crippen LogP contribution in [0.5, 0.6) is 0 Å². The number of nitrogens with zero attached hydrogens (tertiary/aromatic N) is 1. The van der Waals surface area contributed by atoms with E-state index in [1.165, 1.54) is 0 Å². The number of aliphatic hydroxyl groups excluding tert-OH is 1. The maximum absolute atomic E-state index is 11.8. The van der Waals surface area contributed by atoms with Gasteiger partial charge in [-0.25, -0.2) is 0 Å². The van der Waals surface area contributed by atoms with Gasteiger partial charge in [0.2, 0.25) is 5.91 Å². The molecule has 0 radical (unpaired) electrons. The predicted molar refractivity (Wildman–Crippen MR) is 59.6 cm³/mol. The number of carbonyl (C=O) groups excluding carboxylic acids is 1. The van der Waals surface area contributed by atoms with Gasteiger partial charge in [-0.1, -0.05) is 0 Å². The zero-order valence-corrected chi connectivity index (χ0v) is 9.54. The normalized spacial score (nSPS) is 20.5. The van der Waals surface area contributed by atoms with E-state index in [0.29, 0.717) is 0 Å². The summed E-state index contributed by atoms with van der Waals surface area (Å²) in [5, 5.41) is 11.8. The Labute approximate surface area is 91.6 Å². The highest BCUT2D eigenvalue weighted by molar-refractivity contribution is 5.81. The van der Waals surface area contributed by atoms with Crippen LogP contribution in [0.15, 0.2) is 0 Å². The minimum atomic E-state index is 0.0489. The highest BCUT2D eigenvalue weighted by Crippen LogP contribution is 2.08. The van der Waals surface area contributed by atoms with Gasteiger partial charge in [-0.2, -0.15) is 0 Å². The minimum Gasteiger partial charge on any atom is -0.396 e. The van der Waals surface area contributed by atoms with Crippen molar-refractivity contribution in [3.8, 4) is 0 Å². The van der Waals surface area contributed by atoms with Crippen molar-refractivity contribution in [3.63, 3.8) is 0 Å². The Hall–Kier alpha value is -0.610. The van der Waals surface area contributed by atoms with Gasteiger partial charge in [0.1, 0.15) is 0 Å². The maximum Gasteiger partial charge on any atom is 0.239 e. The Bertz CT molecular complexity index is 191. The monoisotopic (exact) mass is 214 g/mol. The van der Waals surface area contributed by atoms with Crippen LogP contribution in [0.2, 0.25) is 0 Å². The molecule has 88 valence electrons. The van der Waals surface area contributed by atoms with Crippen LogP contribution >= 0.6 is 0 Å². The van der Waals surface area contributed by atoms with Crippen molar-refractivity contribution in [1.82, 2.24) is 10.2 Å². The fourth-order valence-corrected chi connectivity index (χ4v) is 1.91. The Morgan fingerprint density at radius 1 is 1.47 bits per heavy atom. The highest BCUT2D eigenvalue weighted by atomic mass is 16.2. The molecule has 1 unspecified atom stereocenters. The van der Waals surface area contributed by atoms with E-state index in [1.54, 1.807) is 4.90 Å². The minimum absolute atomic E-state index is 0.0489. The van der Waals surface area contributed by atoms with Crippen molar-refractivity contribution in [2.24, 2.45) is 0 Å². The second-order valence-corrected chi connectivity index (χ2v) is 4.19. The van der Waals surface area contributed by atoms with Crippen molar-refractivity contribution < 1.29 is 9.90 Å². The second kappa shape index (κ2) is 6.80. The first-order chi connectivity index (χ1) is 7.25. The molecule has 4 heteroatoms. The molecule has 1 amide bonds. The molecular formula is C11H22N2O2. The van der Waals surface area contributed by atoms with Gasteiger partial charge in [0.05, 0.1) is 6.04 Å². The molecule has 1 fully saturated rings. The van der Waals surface area contributed by atoms with Crippen LogP contribution < -0.4 is 5.32 Å². The van der Waals surface area contributed by atoms with Crippen molar-refractivity contribution in [1.29, 1.82) is 0 Å². The number of amides is 1. The summed E-state index contributed by atoms with van der Waals surface area (Å²) in [6, 6.07) is 0.0489. The topological polar surface area (TPSA) is 52.6 Å². The number of hydrogen-bond donors (Lipinski definition) is 2. The van der Waals surface area contributed by atoms with Crippen LogP contribution in [-0.2, 0) is 4.79 Å². The van der Waals surface area contributed by atoms with E-state index in [4.69, 9.17) is 5.11 Å². The molecule has 0 aromatic heterocycles. The van der Waals surface area contributed by atoms with Crippen LogP contribution in [0.4, 0.5) is 0 Å². The average molecular weight is 214 g/mol. The summed E-state index contributed by atoms with van der Waals surface area (Å²) in [6.45, 7) is 2.02. The Morgan fingerprint density at radius 2 is 2.27 bits per heavy atom. The van der Waals surface area contributed by atoms with E-state index in [0.717, 1.165) is 45.2 Å². The number of likely N-dealkylation sites (N-methyl/N-ethyl adjacent to an activating group) is 1. The van der Waals surface area contributed by atoms with E-state index < -0.39 is 0 Å². The first-order valence-electron chi connectivity index (χ1n) is 5.85. The number of carbonyl (C=O) groups is 1. The number of hydrogen-bond acceptors (Lipinski definition) is 3. The third kappa shape index (κ3) is 4.18. The maximum atomic E-state index is 11.8. The van der Waals surface area contributed by atoms with Gasteiger partial charge in [-0.05, 0) is 38.6 Å². The first kappa shape index (κ1) is 12.5. The number of nitrogens with one attached hydrogen (secondary N) is 1. The zero-order valence-electron chi connectivity index (χ0n) is 9.54. The molecule has 1 atom stereocenters. The molecule has 4 nitrogen and oxygen atoms in total. The quantitative estimate of drug-likeness (QED) is 0.628. The Balaban J connectivity index is 2.14. The van der Waals surface area contributed by atoms with Gasteiger partial charge in [0.15, 0.2) is 0 Å².